The number of ether oxygens (including phenoxy) is 2. The van der Waals surface area contributed by atoms with Crippen LogP contribution in [0.25, 0.3) is 22.3 Å². The zero-order valence-electron chi connectivity index (χ0n) is 20.0. The average molecular weight is 441 g/mol. The summed E-state index contributed by atoms with van der Waals surface area (Å²) < 4.78 is 10.8. The van der Waals surface area contributed by atoms with Gasteiger partial charge in [0, 0.05) is 0 Å². The van der Waals surface area contributed by atoms with E-state index in [9.17, 15) is 0 Å². The van der Waals surface area contributed by atoms with Gasteiger partial charge in [0.2, 0.25) is 0 Å². The van der Waals surface area contributed by atoms with Gasteiger partial charge in [-0.2, -0.15) is 0 Å². The predicted octanol–water partition coefficient (Wildman–Crippen LogP) is 6.09. The van der Waals surface area contributed by atoms with Crippen LogP contribution < -0.4 is 14.7 Å². The summed E-state index contributed by atoms with van der Waals surface area (Å²) in [7, 11) is 2.79. The van der Waals surface area contributed by atoms with E-state index in [4.69, 9.17) is 9.47 Å². The van der Waals surface area contributed by atoms with Crippen LogP contribution in [0.1, 0.15) is 27.7 Å². The fourth-order valence-corrected chi connectivity index (χ4v) is 7.17. The molecule has 0 fully saturated rings. The highest BCUT2D eigenvalue weighted by Gasteiger charge is 2.25. The maximum Gasteiger partial charge on any atom is 0.118 e. The molecule has 0 saturated heterocycles. The zero-order chi connectivity index (χ0) is 22.8. The van der Waals surface area contributed by atoms with Crippen molar-refractivity contribution < 1.29 is 9.47 Å². The van der Waals surface area contributed by atoms with Crippen molar-refractivity contribution in [2.75, 3.05) is 14.2 Å². The SMILES string of the molecule is COc1ccc(-c2cccc([SiH2]C3=C(C)C(C)=C(C)C3C)c2-c2ccc(OC)cc2)cc1. The molecule has 3 heteroatoms. The lowest BCUT2D eigenvalue weighted by Crippen LogP contribution is -2.23. The number of rotatable bonds is 6. The van der Waals surface area contributed by atoms with E-state index in [1.807, 2.05) is 12.1 Å². The molecule has 1 atom stereocenters. The highest BCUT2D eigenvalue weighted by molar-refractivity contribution is 6.63. The van der Waals surface area contributed by atoms with Crippen LogP contribution in [-0.2, 0) is 0 Å². The molecule has 0 radical (unpaired) electrons. The summed E-state index contributed by atoms with van der Waals surface area (Å²) in [6.45, 7) is 9.26. The summed E-state index contributed by atoms with van der Waals surface area (Å²) in [5.74, 6) is 2.31. The Bertz CT molecular complexity index is 1180. The highest BCUT2D eigenvalue weighted by atomic mass is 28.2. The topological polar surface area (TPSA) is 18.5 Å². The van der Waals surface area contributed by atoms with Crippen molar-refractivity contribution in [3.05, 3.63) is 88.6 Å². The fraction of sp³-hybridized carbons (Fsp3) is 0.241. The molecule has 0 saturated carbocycles. The van der Waals surface area contributed by atoms with Crippen LogP contribution in [0, 0.1) is 5.92 Å². The van der Waals surface area contributed by atoms with Crippen molar-refractivity contribution in [3.63, 3.8) is 0 Å². The van der Waals surface area contributed by atoms with Crippen molar-refractivity contribution >= 4 is 14.7 Å². The molecule has 0 heterocycles. The molecule has 32 heavy (non-hydrogen) atoms. The number of allylic oxidation sites excluding steroid dienone is 4. The van der Waals surface area contributed by atoms with E-state index in [0.29, 0.717) is 5.92 Å². The van der Waals surface area contributed by atoms with Crippen LogP contribution in [0.3, 0.4) is 0 Å². The standard InChI is InChI=1S/C29H32O2Si/c1-18-19(2)21(4)29(20(18)3)32-27-9-7-8-26(22-10-14-24(30-5)15-11-22)28(27)23-12-16-25(31-6)17-13-23/h7-17,20H,32H2,1-6H3. The fourth-order valence-electron chi connectivity index (χ4n) is 4.80. The summed E-state index contributed by atoms with van der Waals surface area (Å²) >= 11 is 0. The Labute approximate surface area is 194 Å². The summed E-state index contributed by atoms with van der Waals surface area (Å²) in [5, 5.41) is 3.16. The Morgan fingerprint density at radius 2 is 1.25 bits per heavy atom. The summed E-state index contributed by atoms with van der Waals surface area (Å²) in [5.41, 5.74) is 9.60. The molecule has 0 spiro atoms. The highest BCUT2D eigenvalue weighted by Crippen LogP contribution is 2.37. The molecule has 2 nitrogen and oxygen atoms in total. The van der Waals surface area contributed by atoms with Crippen LogP contribution in [0.4, 0.5) is 0 Å². The minimum atomic E-state index is -0.638. The average Bonchev–Trinajstić information content (AvgIpc) is 3.02. The summed E-state index contributed by atoms with van der Waals surface area (Å²) in [6, 6.07) is 23.7. The Balaban J connectivity index is 1.86. The Morgan fingerprint density at radius 3 is 1.75 bits per heavy atom. The van der Waals surface area contributed by atoms with Gasteiger partial charge in [0.15, 0.2) is 0 Å². The monoisotopic (exact) mass is 440 g/mol. The van der Waals surface area contributed by atoms with Gasteiger partial charge in [-0.1, -0.05) is 70.9 Å². The van der Waals surface area contributed by atoms with E-state index in [1.54, 1.807) is 19.4 Å². The third kappa shape index (κ3) is 4.05. The first-order valence-electron chi connectivity index (χ1n) is 11.2. The Hall–Kier alpha value is -3.04. The van der Waals surface area contributed by atoms with Crippen LogP contribution in [0.2, 0.25) is 0 Å². The summed E-state index contributed by atoms with van der Waals surface area (Å²) in [6.07, 6.45) is 0. The molecular formula is C29H32O2Si. The third-order valence-corrected chi connectivity index (χ3v) is 9.61. The molecule has 1 unspecified atom stereocenters. The molecule has 1 aliphatic carbocycles. The molecule has 0 amide bonds. The first-order valence-corrected chi connectivity index (χ1v) is 12.6. The Morgan fingerprint density at radius 1 is 0.688 bits per heavy atom. The smallest absolute Gasteiger partial charge is 0.118 e. The second kappa shape index (κ2) is 9.21. The normalized spacial score (nSPS) is 16.4. The van der Waals surface area contributed by atoms with Crippen molar-refractivity contribution in [3.8, 4) is 33.8 Å². The van der Waals surface area contributed by atoms with Gasteiger partial charge in [-0.05, 0) is 78.8 Å². The quantitative estimate of drug-likeness (QED) is 0.432. The van der Waals surface area contributed by atoms with Crippen LogP contribution in [0.5, 0.6) is 11.5 Å². The van der Waals surface area contributed by atoms with Gasteiger partial charge in [0.1, 0.15) is 11.5 Å². The first kappa shape index (κ1) is 22.2. The van der Waals surface area contributed by atoms with Crippen LogP contribution in [0.15, 0.2) is 88.6 Å². The third-order valence-electron chi connectivity index (χ3n) is 7.12. The molecule has 3 aromatic carbocycles. The molecule has 4 rings (SSSR count). The summed E-state index contributed by atoms with van der Waals surface area (Å²) in [4.78, 5) is 0. The second-order valence-electron chi connectivity index (χ2n) is 8.65. The van der Waals surface area contributed by atoms with E-state index < -0.39 is 9.52 Å². The number of hydrogen-bond donors (Lipinski definition) is 0. The van der Waals surface area contributed by atoms with E-state index in [-0.39, 0.29) is 0 Å². The van der Waals surface area contributed by atoms with Crippen molar-refractivity contribution in [1.82, 2.24) is 0 Å². The van der Waals surface area contributed by atoms with E-state index in [2.05, 4.69) is 82.3 Å². The van der Waals surface area contributed by atoms with Gasteiger partial charge < -0.3 is 9.47 Å². The largest absolute Gasteiger partial charge is 0.497 e. The molecule has 0 N–H and O–H groups in total. The van der Waals surface area contributed by atoms with Crippen LogP contribution >= 0.6 is 0 Å². The Kier molecular flexibility index (Phi) is 6.38. The van der Waals surface area contributed by atoms with E-state index in [0.717, 1.165) is 11.5 Å². The lowest BCUT2D eigenvalue weighted by molar-refractivity contribution is 0.414. The zero-order valence-corrected chi connectivity index (χ0v) is 21.4. The minimum Gasteiger partial charge on any atom is -0.497 e. The van der Waals surface area contributed by atoms with Gasteiger partial charge in [0.25, 0.3) is 0 Å². The van der Waals surface area contributed by atoms with Gasteiger partial charge in [0.05, 0.1) is 23.7 Å². The first-order chi connectivity index (χ1) is 15.4. The van der Waals surface area contributed by atoms with Crippen molar-refractivity contribution in [1.29, 1.82) is 0 Å². The molecule has 164 valence electrons. The van der Waals surface area contributed by atoms with Crippen molar-refractivity contribution in [2.45, 2.75) is 27.7 Å². The van der Waals surface area contributed by atoms with Crippen molar-refractivity contribution in [2.24, 2.45) is 5.92 Å². The van der Waals surface area contributed by atoms with Gasteiger partial charge >= 0.3 is 0 Å². The number of methoxy groups -OCH3 is 2. The van der Waals surface area contributed by atoms with Gasteiger partial charge in [-0.15, -0.1) is 0 Å². The molecular weight excluding hydrogens is 408 g/mol. The molecule has 0 bridgehead atoms. The molecule has 0 aromatic heterocycles. The van der Waals surface area contributed by atoms with Gasteiger partial charge in [-0.25, -0.2) is 0 Å². The van der Waals surface area contributed by atoms with E-state index >= 15 is 0 Å². The minimum absolute atomic E-state index is 0.551. The number of hydrogen-bond acceptors (Lipinski definition) is 2. The molecule has 0 aliphatic heterocycles. The predicted molar refractivity (Wildman–Crippen MR) is 139 cm³/mol. The molecule has 3 aromatic rings. The molecule has 1 aliphatic rings. The maximum atomic E-state index is 5.42. The number of benzene rings is 3. The van der Waals surface area contributed by atoms with Gasteiger partial charge in [-0.3, -0.25) is 0 Å². The lowest BCUT2D eigenvalue weighted by Gasteiger charge is -2.19. The second-order valence-corrected chi connectivity index (χ2v) is 10.5. The van der Waals surface area contributed by atoms with E-state index in [1.165, 1.54) is 44.2 Å². The maximum absolute atomic E-state index is 5.42. The van der Waals surface area contributed by atoms with Crippen LogP contribution in [-0.4, -0.2) is 23.7 Å². The lowest BCUT2D eigenvalue weighted by atomic mass is 9.94.